The van der Waals surface area contributed by atoms with Crippen molar-refractivity contribution >= 4 is 38.5 Å². The molecule has 1 aromatic heterocycles. The van der Waals surface area contributed by atoms with Gasteiger partial charge in [0.15, 0.2) is 5.17 Å². The molecule has 136 valence electrons. The zero-order valence-corrected chi connectivity index (χ0v) is 15.6. The standard InChI is InChI=1S/C17H17N3O4S2/c1-11(9-13-3-2-7-24-13)18-16(21)12-4-5-14-15(10-12)25-17-19-26(22,23)8-6-20(14)17/h2-5,7,10-11H,6,8-9H2,1H3,(H,18,21). The minimum atomic E-state index is -3.38. The molecule has 0 saturated heterocycles. The van der Waals surface area contributed by atoms with E-state index in [0.29, 0.717) is 23.7 Å². The lowest BCUT2D eigenvalue weighted by molar-refractivity contribution is 0.0939. The number of carbonyl (C=O) groups excluding carboxylic acids is 1. The zero-order chi connectivity index (χ0) is 18.3. The third-order valence-corrected chi connectivity index (χ3v) is 6.51. The van der Waals surface area contributed by atoms with E-state index in [1.807, 2.05) is 30.0 Å². The lowest BCUT2D eigenvalue weighted by atomic mass is 10.1. The molecule has 4 rings (SSSR count). The smallest absolute Gasteiger partial charge is 0.257 e. The molecule has 0 fully saturated rings. The molecule has 2 aliphatic heterocycles. The van der Waals surface area contributed by atoms with Crippen molar-refractivity contribution in [2.75, 3.05) is 17.2 Å². The summed E-state index contributed by atoms with van der Waals surface area (Å²) in [4.78, 5) is 15.2. The highest BCUT2D eigenvalue weighted by atomic mass is 32.2. The highest BCUT2D eigenvalue weighted by molar-refractivity contribution is 8.15. The Morgan fingerprint density at radius 2 is 2.27 bits per heavy atom. The van der Waals surface area contributed by atoms with Crippen LogP contribution in [-0.2, 0) is 16.4 Å². The van der Waals surface area contributed by atoms with Crippen molar-refractivity contribution in [2.45, 2.75) is 24.3 Å². The summed E-state index contributed by atoms with van der Waals surface area (Å²) in [6.45, 7) is 2.30. The van der Waals surface area contributed by atoms with Crippen LogP contribution in [0.15, 0.2) is 50.3 Å². The Bertz CT molecular complexity index is 983. The predicted octanol–water partition coefficient (Wildman–Crippen LogP) is 2.25. The summed E-state index contributed by atoms with van der Waals surface area (Å²) in [5.74, 6) is 0.647. The Hall–Kier alpha value is -2.26. The van der Waals surface area contributed by atoms with E-state index in [4.69, 9.17) is 4.42 Å². The van der Waals surface area contributed by atoms with E-state index < -0.39 is 10.0 Å². The number of anilines is 1. The summed E-state index contributed by atoms with van der Waals surface area (Å²) >= 11 is 1.28. The number of nitrogens with zero attached hydrogens (tertiary/aromatic N) is 2. The zero-order valence-electron chi connectivity index (χ0n) is 14.0. The first-order valence-electron chi connectivity index (χ1n) is 8.17. The highest BCUT2D eigenvalue weighted by Gasteiger charge is 2.33. The van der Waals surface area contributed by atoms with Crippen molar-refractivity contribution in [1.82, 2.24) is 5.32 Å². The van der Waals surface area contributed by atoms with Gasteiger partial charge in [-0.15, -0.1) is 4.40 Å². The van der Waals surface area contributed by atoms with E-state index >= 15 is 0 Å². The number of sulfonamides is 1. The van der Waals surface area contributed by atoms with Crippen molar-refractivity contribution < 1.29 is 17.6 Å². The second-order valence-electron chi connectivity index (χ2n) is 6.25. The van der Waals surface area contributed by atoms with Crippen LogP contribution in [0.2, 0.25) is 0 Å². The van der Waals surface area contributed by atoms with Crippen LogP contribution >= 0.6 is 11.8 Å². The number of nitrogens with one attached hydrogen (secondary N) is 1. The van der Waals surface area contributed by atoms with Gasteiger partial charge in [-0.3, -0.25) is 4.79 Å². The van der Waals surface area contributed by atoms with Gasteiger partial charge in [-0.2, -0.15) is 0 Å². The highest BCUT2D eigenvalue weighted by Crippen LogP contribution is 2.42. The third kappa shape index (κ3) is 3.36. The van der Waals surface area contributed by atoms with E-state index in [-0.39, 0.29) is 17.7 Å². The van der Waals surface area contributed by atoms with Crippen molar-refractivity contribution in [3.63, 3.8) is 0 Å². The lowest BCUT2D eigenvalue weighted by Crippen LogP contribution is -2.35. The maximum absolute atomic E-state index is 12.5. The first-order chi connectivity index (χ1) is 12.4. The third-order valence-electron chi connectivity index (χ3n) is 4.20. The average molecular weight is 391 g/mol. The van der Waals surface area contributed by atoms with Crippen LogP contribution in [0.3, 0.4) is 0 Å². The summed E-state index contributed by atoms with van der Waals surface area (Å²) < 4.78 is 32.5. The van der Waals surface area contributed by atoms with Crippen molar-refractivity contribution in [3.05, 3.63) is 47.9 Å². The van der Waals surface area contributed by atoms with E-state index in [0.717, 1.165) is 16.3 Å². The molecule has 2 aliphatic rings. The fourth-order valence-electron chi connectivity index (χ4n) is 2.96. The Morgan fingerprint density at radius 1 is 1.42 bits per heavy atom. The van der Waals surface area contributed by atoms with Gasteiger partial charge in [-0.05, 0) is 49.0 Å². The van der Waals surface area contributed by atoms with Crippen LogP contribution in [0.25, 0.3) is 0 Å². The van der Waals surface area contributed by atoms with E-state index in [1.54, 1.807) is 18.4 Å². The second-order valence-corrected chi connectivity index (χ2v) is 9.02. The van der Waals surface area contributed by atoms with E-state index in [1.165, 1.54) is 11.8 Å². The molecule has 3 heterocycles. The maximum Gasteiger partial charge on any atom is 0.257 e. The number of thioether (sulfide) groups is 1. The molecule has 1 amide bonds. The van der Waals surface area contributed by atoms with Gasteiger partial charge < -0.3 is 14.6 Å². The monoisotopic (exact) mass is 391 g/mol. The molecule has 1 unspecified atom stereocenters. The summed E-state index contributed by atoms with van der Waals surface area (Å²) in [5.41, 5.74) is 1.43. The fourth-order valence-corrected chi connectivity index (χ4v) is 5.26. The minimum Gasteiger partial charge on any atom is -0.469 e. The van der Waals surface area contributed by atoms with Gasteiger partial charge in [0.25, 0.3) is 15.9 Å². The number of carbonyl (C=O) groups is 1. The number of amides is 1. The van der Waals surface area contributed by atoms with Crippen molar-refractivity contribution in [3.8, 4) is 0 Å². The molecule has 0 bridgehead atoms. The number of hydrogen-bond donors (Lipinski definition) is 1. The van der Waals surface area contributed by atoms with Crippen LogP contribution in [-0.4, -0.2) is 37.8 Å². The number of rotatable bonds is 4. The van der Waals surface area contributed by atoms with Gasteiger partial charge in [-0.25, -0.2) is 8.42 Å². The van der Waals surface area contributed by atoms with Crippen LogP contribution in [0.5, 0.6) is 0 Å². The molecule has 9 heteroatoms. The first-order valence-corrected chi connectivity index (χ1v) is 10.6. The molecular formula is C17H17N3O4S2. The number of furan rings is 1. The largest absolute Gasteiger partial charge is 0.469 e. The quantitative estimate of drug-likeness (QED) is 0.859. The van der Waals surface area contributed by atoms with Gasteiger partial charge in [0.2, 0.25) is 0 Å². The Labute approximate surface area is 155 Å². The summed E-state index contributed by atoms with van der Waals surface area (Å²) in [6, 6.07) is 8.99. The van der Waals surface area contributed by atoms with Crippen LogP contribution < -0.4 is 10.2 Å². The number of hydrogen-bond acceptors (Lipinski definition) is 6. The maximum atomic E-state index is 12.5. The molecule has 1 atom stereocenters. The number of fused-ring (bicyclic) bond motifs is 3. The van der Waals surface area contributed by atoms with Gasteiger partial charge >= 0.3 is 0 Å². The molecule has 0 aliphatic carbocycles. The number of benzene rings is 1. The molecule has 1 N–H and O–H groups in total. The molecule has 26 heavy (non-hydrogen) atoms. The normalized spacial score (nSPS) is 18.7. The number of amidine groups is 1. The van der Waals surface area contributed by atoms with Gasteiger partial charge in [0.1, 0.15) is 5.76 Å². The van der Waals surface area contributed by atoms with Gasteiger partial charge in [0.05, 0.1) is 17.7 Å². The second kappa shape index (κ2) is 6.48. The molecule has 0 saturated carbocycles. The van der Waals surface area contributed by atoms with Gasteiger partial charge in [-0.1, -0.05) is 0 Å². The van der Waals surface area contributed by atoms with Crippen LogP contribution in [0, 0.1) is 0 Å². The Morgan fingerprint density at radius 3 is 3.04 bits per heavy atom. The van der Waals surface area contributed by atoms with Crippen molar-refractivity contribution in [1.29, 1.82) is 0 Å². The van der Waals surface area contributed by atoms with E-state index in [2.05, 4.69) is 9.71 Å². The summed E-state index contributed by atoms with van der Waals surface area (Å²) in [5, 5.41) is 3.41. The summed E-state index contributed by atoms with van der Waals surface area (Å²) in [6.07, 6.45) is 2.22. The predicted molar refractivity (Wildman–Crippen MR) is 100 cm³/mol. The molecule has 0 spiro atoms. The molecule has 2 aromatic rings. The Balaban J connectivity index is 1.49. The van der Waals surface area contributed by atoms with Crippen LogP contribution in [0.4, 0.5) is 5.69 Å². The van der Waals surface area contributed by atoms with Crippen molar-refractivity contribution in [2.24, 2.45) is 4.40 Å². The summed E-state index contributed by atoms with van der Waals surface area (Å²) in [7, 11) is -3.38. The molecule has 0 radical (unpaired) electrons. The lowest BCUT2D eigenvalue weighted by Gasteiger charge is -2.22. The van der Waals surface area contributed by atoms with Crippen LogP contribution in [0.1, 0.15) is 23.0 Å². The molecule has 7 nitrogen and oxygen atoms in total. The molecule has 1 aromatic carbocycles. The first kappa shape index (κ1) is 17.2. The SMILES string of the molecule is CC(Cc1ccco1)NC(=O)c1ccc2c(c1)SC1=NS(=O)(=O)CCN12. The minimum absolute atomic E-state index is 0.00301. The van der Waals surface area contributed by atoms with E-state index in [9.17, 15) is 13.2 Å². The molecular weight excluding hydrogens is 374 g/mol. The average Bonchev–Trinajstić information content (AvgIpc) is 3.19. The Kier molecular flexibility index (Phi) is 4.28. The van der Waals surface area contributed by atoms with Gasteiger partial charge in [0, 0.05) is 29.5 Å². The topological polar surface area (TPSA) is 92.0 Å². The fraction of sp³-hybridized carbons (Fsp3) is 0.294.